The van der Waals surface area contributed by atoms with Crippen LogP contribution in [0.4, 0.5) is 0 Å². The number of ether oxygens (including phenoxy) is 2. The van der Waals surface area contributed by atoms with Gasteiger partial charge >= 0.3 is 0 Å². The van der Waals surface area contributed by atoms with Crippen LogP contribution in [0.1, 0.15) is 53.0 Å². The van der Waals surface area contributed by atoms with Crippen molar-refractivity contribution in [2.75, 3.05) is 13.2 Å². The van der Waals surface area contributed by atoms with Crippen LogP contribution in [0, 0.1) is 11.8 Å². The van der Waals surface area contributed by atoms with Gasteiger partial charge in [-0.15, -0.1) is 0 Å². The Balaban J connectivity index is 1.33. The molecule has 40 heavy (non-hydrogen) atoms. The second-order valence-corrected chi connectivity index (χ2v) is 17.8. The van der Waals surface area contributed by atoms with Crippen molar-refractivity contribution in [2.45, 2.75) is 83.1 Å². The van der Waals surface area contributed by atoms with Gasteiger partial charge in [-0.3, -0.25) is 4.90 Å². The second-order valence-electron chi connectivity index (χ2n) is 13.5. The van der Waals surface area contributed by atoms with Gasteiger partial charge in [-0.05, 0) is 66.0 Å². The van der Waals surface area contributed by atoms with Crippen LogP contribution in [0.15, 0.2) is 91.0 Å². The summed E-state index contributed by atoms with van der Waals surface area (Å²) in [6.07, 6.45) is 2.41. The molecule has 1 aliphatic carbocycles. The third kappa shape index (κ3) is 5.12. The minimum Gasteiger partial charge on any atom is -0.407 e. The Morgan fingerprint density at radius 3 is 1.95 bits per heavy atom. The van der Waals surface area contributed by atoms with Crippen LogP contribution in [0.3, 0.4) is 0 Å². The molecule has 1 saturated carbocycles. The number of benzene rings is 3. The fraction of sp³-hybridized carbons (Fsp3) is 0.486. The zero-order chi connectivity index (χ0) is 28.0. The van der Waals surface area contributed by atoms with E-state index in [2.05, 4.69) is 131 Å². The predicted octanol–water partition coefficient (Wildman–Crippen LogP) is 5.99. The zero-order valence-corrected chi connectivity index (χ0v) is 25.8. The summed E-state index contributed by atoms with van der Waals surface area (Å²) < 4.78 is 20.8. The second kappa shape index (κ2) is 10.8. The first kappa shape index (κ1) is 27.9. The minimum atomic E-state index is -2.60. The van der Waals surface area contributed by atoms with Crippen LogP contribution in [-0.4, -0.2) is 50.4 Å². The molecule has 0 aromatic heterocycles. The van der Waals surface area contributed by atoms with Gasteiger partial charge in [0, 0.05) is 19.2 Å². The average Bonchev–Trinajstić information content (AvgIpc) is 3.09. The van der Waals surface area contributed by atoms with Gasteiger partial charge in [0.1, 0.15) is 6.10 Å². The lowest BCUT2D eigenvalue weighted by Crippen LogP contribution is -2.67. The van der Waals surface area contributed by atoms with Gasteiger partial charge < -0.3 is 13.9 Å². The third-order valence-corrected chi connectivity index (χ3v) is 14.5. The number of hydrogen-bond acceptors (Lipinski definition) is 4. The fourth-order valence-corrected chi connectivity index (χ4v) is 12.4. The molecule has 3 aliphatic heterocycles. The SMILES string of the molecule is CC1(C)O[C@H]2[C@H]3CCN(Cc4ccccc4)[C@H](C[C@@H]3CO[Si](c3ccccc3)(c3ccccc3)C(C)(C)C)[C@H]2O1. The fourth-order valence-electron chi connectivity index (χ4n) is 7.77. The van der Waals surface area contributed by atoms with E-state index in [-0.39, 0.29) is 17.2 Å². The molecule has 0 spiro atoms. The summed E-state index contributed by atoms with van der Waals surface area (Å²) in [5, 5.41) is 2.66. The molecule has 3 heterocycles. The van der Waals surface area contributed by atoms with E-state index >= 15 is 0 Å². The molecule has 5 atom stereocenters. The molecule has 7 rings (SSSR count). The van der Waals surface area contributed by atoms with Crippen LogP contribution in [0.5, 0.6) is 0 Å². The highest BCUT2D eigenvalue weighted by Crippen LogP contribution is 2.49. The molecule has 2 bridgehead atoms. The van der Waals surface area contributed by atoms with Crippen LogP contribution in [-0.2, 0) is 20.4 Å². The molecule has 0 unspecified atom stereocenters. The Bertz CT molecular complexity index is 1220. The topological polar surface area (TPSA) is 30.9 Å². The lowest BCUT2D eigenvalue weighted by Gasteiger charge is -2.46. The zero-order valence-electron chi connectivity index (χ0n) is 24.8. The molecule has 3 aromatic rings. The summed E-state index contributed by atoms with van der Waals surface area (Å²) in [6, 6.07) is 33.2. The van der Waals surface area contributed by atoms with Crippen molar-refractivity contribution in [3.63, 3.8) is 0 Å². The van der Waals surface area contributed by atoms with Crippen LogP contribution < -0.4 is 10.4 Å². The summed E-state index contributed by atoms with van der Waals surface area (Å²) in [5.41, 5.74) is 1.36. The van der Waals surface area contributed by atoms with Crippen LogP contribution in [0.2, 0.25) is 5.04 Å². The average molecular weight is 556 g/mol. The normalized spacial score (nSPS) is 28.3. The van der Waals surface area contributed by atoms with Crippen molar-refractivity contribution in [1.29, 1.82) is 0 Å². The summed E-state index contributed by atoms with van der Waals surface area (Å²) >= 11 is 0. The van der Waals surface area contributed by atoms with Gasteiger partial charge in [0.25, 0.3) is 8.32 Å². The predicted molar refractivity (Wildman–Crippen MR) is 164 cm³/mol. The number of nitrogens with zero attached hydrogens (tertiary/aromatic N) is 1. The molecular formula is C35H45NO3Si. The van der Waals surface area contributed by atoms with Crippen LogP contribution in [0.25, 0.3) is 0 Å². The van der Waals surface area contributed by atoms with E-state index in [4.69, 9.17) is 13.9 Å². The first-order chi connectivity index (χ1) is 19.2. The Kier molecular flexibility index (Phi) is 7.56. The van der Waals surface area contributed by atoms with Crippen molar-refractivity contribution >= 4 is 18.7 Å². The Morgan fingerprint density at radius 2 is 1.38 bits per heavy atom. The van der Waals surface area contributed by atoms with E-state index in [1.54, 1.807) is 0 Å². The lowest BCUT2D eigenvalue weighted by molar-refractivity contribution is -0.155. The van der Waals surface area contributed by atoms with Crippen molar-refractivity contribution in [3.8, 4) is 0 Å². The quantitative estimate of drug-likeness (QED) is 0.335. The lowest BCUT2D eigenvalue weighted by atomic mass is 9.74. The summed E-state index contributed by atoms with van der Waals surface area (Å²) in [4.78, 5) is 2.67. The molecule has 212 valence electrons. The molecule has 0 radical (unpaired) electrons. The number of rotatable bonds is 7. The van der Waals surface area contributed by atoms with E-state index in [0.717, 1.165) is 32.5 Å². The molecule has 0 N–H and O–H groups in total. The summed E-state index contributed by atoms with van der Waals surface area (Å²) in [6.45, 7) is 14.0. The largest absolute Gasteiger partial charge is 0.407 e. The minimum absolute atomic E-state index is 0.0315. The van der Waals surface area contributed by atoms with Crippen molar-refractivity contribution in [1.82, 2.24) is 4.90 Å². The monoisotopic (exact) mass is 555 g/mol. The van der Waals surface area contributed by atoms with Crippen molar-refractivity contribution < 1.29 is 13.9 Å². The maximum absolute atomic E-state index is 7.49. The molecule has 4 aliphatic rings. The molecule has 4 nitrogen and oxygen atoms in total. The van der Waals surface area contributed by atoms with Gasteiger partial charge in [-0.1, -0.05) is 112 Å². The van der Waals surface area contributed by atoms with Gasteiger partial charge in [-0.25, -0.2) is 0 Å². The van der Waals surface area contributed by atoms with E-state index in [0.29, 0.717) is 17.9 Å². The Labute approximate surface area is 241 Å². The van der Waals surface area contributed by atoms with Gasteiger partial charge in [0.15, 0.2) is 5.79 Å². The molecular weight excluding hydrogens is 510 g/mol. The van der Waals surface area contributed by atoms with Gasteiger partial charge in [-0.2, -0.15) is 0 Å². The van der Waals surface area contributed by atoms with E-state index in [1.165, 1.54) is 15.9 Å². The molecule has 4 fully saturated rings. The van der Waals surface area contributed by atoms with E-state index < -0.39 is 14.1 Å². The number of hydrogen-bond donors (Lipinski definition) is 0. The number of fused-ring (bicyclic) bond motifs is 3. The highest BCUT2D eigenvalue weighted by molar-refractivity contribution is 6.99. The highest BCUT2D eigenvalue weighted by atomic mass is 28.4. The van der Waals surface area contributed by atoms with E-state index in [1.807, 2.05) is 0 Å². The van der Waals surface area contributed by atoms with Gasteiger partial charge in [0.05, 0.1) is 6.10 Å². The highest BCUT2D eigenvalue weighted by Gasteiger charge is 2.58. The van der Waals surface area contributed by atoms with Crippen molar-refractivity contribution in [2.24, 2.45) is 11.8 Å². The maximum Gasteiger partial charge on any atom is 0.261 e. The summed E-state index contributed by atoms with van der Waals surface area (Å²) in [5.74, 6) is 0.295. The first-order valence-corrected chi connectivity index (χ1v) is 17.0. The Hall–Kier alpha value is -2.28. The van der Waals surface area contributed by atoms with Crippen LogP contribution >= 0.6 is 0 Å². The standard InChI is InChI=1S/C35H45NO3Si/c1-34(2,3)40(28-17-11-7-12-18-28,29-19-13-8-14-20-29)37-25-27-23-31-33-32(38-35(4,5)39-33)30(27)21-22-36(31)24-26-15-9-6-10-16-26/h6-20,27,30-33H,21-25H2,1-5H3/t27-,30+,31-,32+,33-/m1/s1. The summed E-state index contributed by atoms with van der Waals surface area (Å²) in [7, 11) is -2.60. The molecule has 5 heteroatoms. The van der Waals surface area contributed by atoms with E-state index in [9.17, 15) is 0 Å². The van der Waals surface area contributed by atoms with Gasteiger partial charge in [0.2, 0.25) is 0 Å². The molecule has 3 saturated heterocycles. The van der Waals surface area contributed by atoms with Crippen molar-refractivity contribution in [3.05, 3.63) is 96.6 Å². The molecule has 0 amide bonds. The maximum atomic E-state index is 7.49. The molecule has 3 aromatic carbocycles. The first-order valence-electron chi connectivity index (χ1n) is 15.1. The smallest absolute Gasteiger partial charge is 0.261 e. The Morgan fingerprint density at radius 1 is 0.825 bits per heavy atom. The third-order valence-electron chi connectivity index (χ3n) is 9.49.